The number of rotatable bonds is 1. The molecule has 14 heavy (non-hydrogen) atoms. The molecule has 0 radical (unpaired) electrons. The molecule has 2 aliphatic heterocycles. The SMILES string of the molecule is CC(C)[C@H]1O[Si](C)(C)[C@H]2COC=C[C@H]12. The Morgan fingerprint density at radius 2 is 2.07 bits per heavy atom. The summed E-state index contributed by atoms with van der Waals surface area (Å²) in [5.41, 5.74) is 0.653. The summed E-state index contributed by atoms with van der Waals surface area (Å²) >= 11 is 0. The van der Waals surface area contributed by atoms with Gasteiger partial charge >= 0.3 is 0 Å². The Morgan fingerprint density at radius 1 is 1.36 bits per heavy atom. The summed E-state index contributed by atoms with van der Waals surface area (Å²) < 4.78 is 11.7. The average molecular weight is 212 g/mol. The fraction of sp³-hybridized carbons (Fsp3) is 0.818. The van der Waals surface area contributed by atoms with E-state index in [9.17, 15) is 0 Å². The highest BCUT2D eigenvalue weighted by Crippen LogP contribution is 2.47. The van der Waals surface area contributed by atoms with Crippen LogP contribution in [0.2, 0.25) is 18.6 Å². The van der Waals surface area contributed by atoms with E-state index < -0.39 is 8.32 Å². The molecule has 0 unspecified atom stereocenters. The number of hydrogen-bond acceptors (Lipinski definition) is 2. The molecule has 1 fully saturated rings. The Morgan fingerprint density at radius 3 is 2.71 bits per heavy atom. The van der Waals surface area contributed by atoms with Gasteiger partial charge in [0.15, 0.2) is 8.32 Å². The van der Waals surface area contributed by atoms with Crippen LogP contribution in [0.3, 0.4) is 0 Å². The first-order valence-corrected chi connectivity index (χ1v) is 8.47. The zero-order chi connectivity index (χ0) is 10.3. The van der Waals surface area contributed by atoms with Crippen LogP contribution in [0.5, 0.6) is 0 Å². The standard InChI is InChI=1S/C11H20O2Si/c1-8(2)11-9-5-6-12-7-10(9)14(3,4)13-11/h5-6,8-11H,7H2,1-4H3/t9-,10-,11+/m0/s1. The Hall–Kier alpha value is -0.283. The van der Waals surface area contributed by atoms with Gasteiger partial charge in [-0.3, -0.25) is 0 Å². The van der Waals surface area contributed by atoms with Gasteiger partial charge in [0.05, 0.1) is 19.0 Å². The zero-order valence-electron chi connectivity index (χ0n) is 9.49. The van der Waals surface area contributed by atoms with Crippen molar-refractivity contribution in [2.24, 2.45) is 11.8 Å². The Kier molecular flexibility index (Phi) is 2.47. The van der Waals surface area contributed by atoms with E-state index >= 15 is 0 Å². The fourth-order valence-electron chi connectivity index (χ4n) is 2.65. The Labute approximate surface area is 87.4 Å². The summed E-state index contributed by atoms with van der Waals surface area (Å²) in [7, 11) is -1.50. The maximum atomic E-state index is 6.26. The second-order valence-electron chi connectivity index (χ2n) is 5.28. The normalized spacial score (nSPS) is 39.6. The van der Waals surface area contributed by atoms with Gasteiger partial charge < -0.3 is 9.16 Å². The van der Waals surface area contributed by atoms with E-state index in [1.54, 1.807) is 0 Å². The van der Waals surface area contributed by atoms with Crippen LogP contribution in [0.4, 0.5) is 0 Å². The predicted octanol–water partition coefficient (Wildman–Crippen LogP) is 2.78. The van der Waals surface area contributed by atoms with Crippen LogP contribution < -0.4 is 0 Å². The lowest BCUT2D eigenvalue weighted by Gasteiger charge is -2.27. The van der Waals surface area contributed by atoms with E-state index in [2.05, 4.69) is 33.0 Å². The van der Waals surface area contributed by atoms with Crippen LogP contribution in [0.25, 0.3) is 0 Å². The summed E-state index contributed by atoms with van der Waals surface area (Å²) in [6.07, 6.45) is 4.48. The molecule has 0 N–H and O–H groups in total. The van der Waals surface area contributed by atoms with E-state index in [1.807, 2.05) is 6.26 Å². The minimum absolute atomic E-state index is 0.418. The van der Waals surface area contributed by atoms with E-state index in [-0.39, 0.29) is 0 Å². The molecule has 80 valence electrons. The van der Waals surface area contributed by atoms with Gasteiger partial charge in [-0.2, -0.15) is 0 Å². The molecule has 0 spiro atoms. The highest BCUT2D eigenvalue weighted by atomic mass is 28.4. The fourth-order valence-corrected chi connectivity index (χ4v) is 5.68. The van der Waals surface area contributed by atoms with E-state index in [1.165, 1.54) is 0 Å². The molecule has 2 rings (SSSR count). The van der Waals surface area contributed by atoms with Crippen LogP contribution in [-0.2, 0) is 9.16 Å². The van der Waals surface area contributed by atoms with E-state index in [0.29, 0.717) is 23.5 Å². The maximum Gasteiger partial charge on any atom is 0.194 e. The van der Waals surface area contributed by atoms with Crippen LogP contribution >= 0.6 is 0 Å². The molecule has 2 nitrogen and oxygen atoms in total. The van der Waals surface area contributed by atoms with Gasteiger partial charge in [0.1, 0.15) is 0 Å². The molecule has 0 aliphatic carbocycles. The molecular weight excluding hydrogens is 192 g/mol. The summed E-state index contributed by atoms with van der Waals surface area (Å²) in [5.74, 6) is 1.21. The van der Waals surface area contributed by atoms with Crippen molar-refractivity contribution < 1.29 is 9.16 Å². The lowest BCUT2D eigenvalue weighted by atomic mass is 9.90. The minimum Gasteiger partial charge on any atom is -0.501 e. The molecule has 3 atom stereocenters. The van der Waals surface area contributed by atoms with Crippen LogP contribution in [0.15, 0.2) is 12.3 Å². The first-order valence-electron chi connectivity index (χ1n) is 5.48. The van der Waals surface area contributed by atoms with Crippen molar-refractivity contribution >= 4 is 8.32 Å². The lowest BCUT2D eigenvalue weighted by Crippen LogP contribution is -2.34. The zero-order valence-corrected chi connectivity index (χ0v) is 10.5. The number of hydrogen-bond donors (Lipinski definition) is 0. The third kappa shape index (κ3) is 1.52. The molecule has 0 saturated carbocycles. The molecule has 0 amide bonds. The summed E-state index contributed by atoms with van der Waals surface area (Å²) in [4.78, 5) is 0. The summed E-state index contributed by atoms with van der Waals surface area (Å²) in [6.45, 7) is 10.00. The monoisotopic (exact) mass is 212 g/mol. The van der Waals surface area contributed by atoms with Gasteiger partial charge in [-0.15, -0.1) is 0 Å². The highest BCUT2D eigenvalue weighted by molar-refractivity contribution is 6.73. The van der Waals surface area contributed by atoms with Crippen molar-refractivity contribution in [3.63, 3.8) is 0 Å². The molecule has 0 bridgehead atoms. The maximum absolute atomic E-state index is 6.26. The minimum atomic E-state index is -1.50. The Bertz CT molecular complexity index is 248. The van der Waals surface area contributed by atoms with Crippen molar-refractivity contribution in [1.29, 1.82) is 0 Å². The van der Waals surface area contributed by atoms with Gasteiger partial charge in [0.2, 0.25) is 0 Å². The third-order valence-corrected chi connectivity index (χ3v) is 6.72. The molecule has 2 aliphatic rings. The molecule has 2 heterocycles. The van der Waals surface area contributed by atoms with Crippen molar-refractivity contribution in [3.8, 4) is 0 Å². The van der Waals surface area contributed by atoms with Gasteiger partial charge in [-0.25, -0.2) is 0 Å². The third-order valence-electron chi connectivity index (χ3n) is 3.51. The average Bonchev–Trinajstić information content (AvgIpc) is 2.40. The van der Waals surface area contributed by atoms with Gasteiger partial charge in [-0.05, 0) is 25.1 Å². The molecule has 1 saturated heterocycles. The summed E-state index contributed by atoms with van der Waals surface area (Å²) in [6, 6.07) is 0. The largest absolute Gasteiger partial charge is 0.501 e. The van der Waals surface area contributed by atoms with Crippen LogP contribution in [0, 0.1) is 11.8 Å². The smallest absolute Gasteiger partial charge is 0.194 e. The van der Waals surface area contributed by atoms with Gasteiger partial charge in [0, 0.05) is 11.5 Å². The highest BCUT2D eigenvalue weighted by Gasteiger charge is 2.51. The van der Waals surface area contributed by atoms with Crippen molar-refractivity contribution in [1.82, 2.24) is 0 Å². The lowest BCUT2D eigenvalue weighted by molar-refractivity contribution is 0.125. The second kappa shape index (κ2) is 3.38. The van der Waals surface area contributed by atoms with E-state index in [0.717, 1.165) is 6.61 Å². The molecular formula is C11H20O2Si. The quantitative estimate of drug-likeness (QED) is 0.622. The molecule has 0 aromatic carbocycles. The molecule has 0 aromatic rings. The topological polar surface area (TPSA) is 18.5 Å². The van der Waals surface area contributed by atoms with Crippen molar-refractivity contribution in [3.05, 3.63) is 12.3 Å². The first kappa shape index (κ1) is 10.2. The van der Waals surface area contributed by atoms with E-state index in [4.69, 9.17) is 9.16 Å². The second-order valence-corrected chi connectivity index (χ2v) is 9.46. The Balaban J connectivity index is 2.25. The number of fused-ring (bicyclic) bond motifs is 1. The first-order chi connectivity index (χ1) is 6.52. The van der Waals surface area contributed by atoms with Crippen molar-refractivity contribution in [2.45, 2.75) is 38.6 Å². The van der Waals surface area contributed by atoms with Crippen LogP contribution in [0.1, 0.15) is 13.8 Å². The molecule has 0 aromatic heterocycles. The molecule has 3 heteroatoms. The van der Waals surface area contributed by atoms with Gasteiger partial charge in [0.25, 0.3) is 0 Å². The van der Waals surface area contributed by atoms with Gasteiger partial charge in [-0.1, -0.05) is 13.8 Å². The van der Waals surface area contributed by atoms with Crippen molar-refractivity contribution in [2.75, 3.05) is 6.61 Å². The summed E-state index contributed by atoms with van der Waals surface area (Å²) in [5, 5.41) is 0. The number of ether oxygens (including phenoxy) is 1. The predicted molar refractivity (Wildman–Crippen MR) is 59.5 cm³/mol. The van der Waals surface area contributed by atoms with Crippen LogP contribution in [-0.4, -0.2) is 21.0 Å².